The molecular weight excluding hydrogens is 397 g/mol. The van der Waals surface area contributed by atoms with Crippen molar-refractivity contribution in [1.29, 1.82) is 0 Å². The Kier molecular flexibility index (Phi) is 4.91. The van der Waals surface area contributed by atoms with Crippen LogP contribution in [0.2, 0.25) is 0 Å². The van der Waals surface area contributed by atoms with Crippen molar-refractivity contribution in [3.63, 3.8) is 0 Å². The minimum atomic E-state index is -4.28. The summed E-state index contributed by atoms with van der Waals surface area (Å²) in [5.74, 6) is 0. The molecule has 0 aromatic heterocycles. The second kappa shape index (κ2) is 6.31. The molecule has 5 heteroatoms. The van der Waals surface area contributed by atoms with Crippen LogP contribution < -0.4 is 0 Å². The zero-order chi connectivity index (χ0) is 14.8. The van der Waals surface area contributed by atoms with Crippen molar-refractivity contribution in [2.45, 2.75) is 17.4 Å². The Hall–Kier alpha value is -0.810. The molecule has 2 rings (SSSR count). The maximum atomic E-state index is 12.5. The summed E-state index contributed by atoms with van der Waals surface area (Å²) < 4.78 is 38.4. The van der Waals surface area contributed by atoms with Crippen molar-refractivity contribution in [3.8, 4) is 0 Å². The Labute approximate surface area is 132 Å². The number of hydrogen-bond acceptors (Lipinski definition) is 0. The van der Waals surface area contributed by atoms with Crippen LogP contribution in [0.25, 0.3) is 0 Å². The molecule has 0 N–H and O–H groups in total. The normalized spacial score (nSPS) is 13.2. The number of halogens is 5. The van der Waals surface area contributed by atoms with E-state index in [1.807, 2.05) is 24.3 Å². The summed E-state index contributed by atoms with van der Waals surface area (Å²) in [5, 5.41) is 0. The van der Waals surface area contributed by atoms with Gasteiger partial charge >= 0.3 is 6.18 Å². The highest BCUT2D eigenvalue weighted by molar-refractivity contribution is 9.10. The molecule has 2 aromatic carbocycles. The van der Waals surface area contributed by atoms with Gasteiger partial charge in [-0.25, -0.2) is 0 Å². The predicted octanol–water partition coefficient (Wildman–Crippen LogP) is 6.15. The van der Waals surface area contributed by atoms with E-state index in [0.29, 0.717) is 6.42 Å². The minimum Gasteiger partial charge on any atom is -0.166 e. The minimum absolute atomic E-state index is 0.0762. The Morgan fingerprint density at radius 2 is 1.45 bits per heavy atom. The van der Waals surface area contributed by atoms with Crippen LogP contribution in [0.5, 0.6) is 0 Å². The van der Waals surface area contributed by atoms with E-state index in [1.54, 1.807) is 0 Å². The lowest BCUT2D eigenvalue weighted by molar-refractivity contribution is -0.137. The van der Waals surface area contributed by atoms with E-state index in [2.05, 4.69) is 31.9 Å². The molecule has 2 aromatic rings. The van der Waals surface area contributed by atoms with E-state index in [9.17, 15) is 13.2 Å². The van der Waals surface area contributed by atoms with Crippen LogP contribution in [-0.4, -0.2) is 0 Å². The summed E-state index contributed by atoms with van der Waals surface area (Å²) in [6.45, 7) is 0. The number of benzene rings is 2. The predicted molar refractivity (Wildman–Crippen MR) is 81.0 cm³/mol. The highest BCUT2D eigenvalue weighted by atomic mass is 79.9. The summed E-state index contributed by atoms with van der Waals surface area (Å²) in [6.07, 6.45) is -3.64. The van der Waals surface area contributed by atoms with E-state index >= 15 is 0 Å². The van der Waals surface area contributed by atoms with Gasteiger partial charge in [-0.2, -0.15) is 13.2 Å². The molecule has 0 saturated carbocycles. The highest BCUT2D eigenvalue weighted by Crippen LogP contribution is 2.31. The molecule has 0 aliphatic carbocycles. The van der Waals surface area contributed by atoms with Gasteiger partial charge < -0.3 is 0 Å². The van der Waals surface area contributed by atoms with Gasteiger partial charge in [0.1, 0.15) is 0 Å². The first kappa shape index (κ1) is 15.6. The van der Waals surface area contributed by atoms with Crippen LogP contribution in [0, 0.1) is 0 Å². The van der Waals surface area contributed by atoms with Crippen molar-refractivity contribution in [2.24, 2.45) is 0 Å². The summed E-state index contributed by atoms with van der Waals surface area (Å²) in [4.78, 5) is 0.0762. The molecule has 0 heterocycles. The van der Waals surface area contributed by atoms with Gasteiger partial charge in [-0.05, 0) is 41.8 Å². The molecule has 0 saturated heterocycles. The van der Waals surface area contributed by atoms with Crippen LogP contribution in [0.3, 0.4) is 0 Å². The molecule has 0 aliphatic rings. The molecule has 0 aliphatic heterocycles. The summed E-state index contributed by atoms with van der Waals surface area (Å²) in [7, 11) is 0. The molecule has 0 bridgehead atoms. The molecule has 20 heavy (non-hydrogen) atoms. The quantitative estimate of drug-likeness (QED) is 0.535. The van der Waals surface area contributed by atoms with Crippen molar-refractivity contribution in [1.82, 2.24) is 0 Å². The van der Waals surface area contributed by atoms with E-state index in [1.165, 1.54) is 12.1 Å². The van der Waals surface area contributed by atoms with E-state index in [0.717, 1.165) is 27.7 Å². The van der Waals surface area contributed by atoms with Crippen LogP contribution in [-0.2, 0) is 12.6 Å². The van der Waals surface area contributed by atoms with Gasteiger partial charge in [0.2, 0.25) is 0 Å². The van der Waals surface area contributed by atoms with E-state index in [-0.39, 0.29) is 4.83 Å². The van der Waals surface area contributed by atoms with E-state index < -0.39 is 11.7 Å². The monoisotopic (exact) mass is 406 g/mol. The smallest absolute Gasteiger partial charge is 0.166 e. The average molecular weight is 408 g/mol. The van der Waals surface area contributed by atoms with Gasteiger partial charge in [-0.15, -0.1) is 0 Å². The second-order valence-corrected chi connectivity index (χ2v) is 6.44. The lowest BCUT2D eigenvalue weighted by Crippen LogP contribution is -2.04. The Balaban J connectivity index is 2.08. The Bertz CT molecular complexity index is 559. The molecule has 0 nitrogen and oxygen atoms in total. The third-order valence-electron chi connectivity index (χ3n) is 2.93. The lowest BCUT2D eigenvalue weighted by Gasteiger charge is -2.12. The van der Waals surface area contributed by atoms with Crippen molar-refractivity contribution in [2.75, 3.05) is 0 Å². The van der Waals surface area contributed by atoms with Gasteiger partial charge in [0.25, 0.3) is 0 Å². The van der Waals surface area contributed by atoms with Crippen LogP contribution in [0.4, 0.5) is 13.2 Å². The second-order valence-electron chi connectivity index (χ2n) is 4.42. The van der Waals surface area contributed by atoms with Gasteiger partial charge in [-0.1, -0.05) is 56.1 Å². The van der Waals surface area contributed by atoms with Crippen molar-refractivity contribution < 1.29 is 13.2 Å². The third-order valence-corrected chi connectivity index (χ3v) is 4.31. The molecule has 1 unspecified atom stereocenters. The molecule has 0 spiro atoms. The number of alkyl halides is 4. The fraction of sp³-hybridized carbons (Fsp3) is 0.200. The number of hydrogen-bond donors (Lipinski definition) is 0. The Morgan fingerprint density at radius 3 is 1.95 bits per heavy atom. The topological polar surface area (TPSA) is 0 Å². The van der Waals surface area contributed by atoms with Crippen molar-refractivity contribution >= 4 is 31.9 Å². The molecule has 106 valence electrons. The SMILES string of the molecule is FC(F)(F)c1ccc(CC(Br)c2ccc(Br)cc2)cc1. The maximum Gasteiger partial charge on any atom is 0.416 e. The molecular formula is C15H11Br2F3. The molecule has 0 fully saturated rings. The zero-order valence-electron chi connectivity index (χ0n) is 10.3. The molecule has 0 radical (unpaired) electrons. The zero-order valence-corrected chi connectivity index (χ0v) is 13.5. The van der Waals surface area contributed by atoms with Crippen molar-refractivity contribution in [3.05, 3.63) is 69.7 Å². The fourth-order valence-electron chi connectivity index (χ4n) is 1.83. The maximum absolute atomic E-state index is 12.5. The van der Waals surface area contributed by atoms with Gasteiger partial charge in [0, 0.05) is 9.30 Å². The van der Waals surface area contributed by atoms with Gasteiger partial charge in [-0.3, -0.25) is 0 Å². The Morgan fingerprint density at radius 1 is 0.900 bits per heavy atom. The molecule has 1 atom stereocenters. The highest BCUT2D eigenvalue weighted by Gasteiger charge is 2.29. The van der Waals surface area contributed by atoms with E-state index in [4.69, 9.17) is 0 Å². The first-order valence-corrected chi connectivity index (χ1v) is 7.63. The standard InChI is InChI=1S/C15H11Br2F3/c16-13-7-3-11(4-8-13)14(17)9-10-1-5-12(6-2-10)15(18,19)20/h1-8,14H,9H2. The molecule has 0 amide bonds. The summed E-state index contributed by atoms with van der Waals surface area (Å²) in [6, 6.07) is 13.1. The summed E-state index contributed by atoms with van der Waals surface area (Å²) in [5.41, 5.74) is 1.34. The van der Waals surface area contributed by atoms with Crippen LogP contribution >= 0.6 is 31.9 Å². The largest absolute Gasteiger partial charge is 0.416 e. The first-order valence-electron chi connectivity index (χ1n) is 5.92. The van der Waals surface area contributed by atoms with Gasteiger partial charge in [0.15, 0.2) is 0 Å². The van der Waals surface area contributed by atoms with Crippen LogP contribution in [0.15, 0.2) is 53.0 Å². The average Bonchev–Trinajstić information content (AvgIpc) is 2.39. The number of rotatable bonds is 3. The fourth-order valence-corrected chi connectivity index (χ4v) is 2.77. The summed E-state index contributed by atoms with van der Waals surface area (Å²) >= 11 is 6.93. The first-order chi connectivity index (χ1) is 9.36. The lowest BCUT2D eigenvalue weighted by atomic mass is 10.0. The van der Waals surface area contributed by atoms with Crippen LogP contribution in [0.1, 0.15) is 21.5 Å². The third kappa shape index (κ3) is 4.09. The van der Waals surface area contributed by atoms with Gasteiger partial charge in [0.05, 0.1) is 5.56 Å².